The molecule has 11 heteroatoms. The lowest BCUT2D eigenvalue weighted by atomic mass is 9.90. The highest BCUT2D eigenvalue weighted by atomic mass is 19.1. The molecule has 146 valence electrons. The molecule has 3 rings (SSSR count). The van der Waals surface area contributed by atoms with Crippen molar-refractivity contribution >= 4 is 17.0 Å². The second-order valence-corrected chi connectivity index (χ2v) is 6.24. The number of aromatic nitrogens is 3. The zero-order valence-corrected chi connectivity index (χ0v) is 14.6. The van der Waals surface area contributed by atoms with Crippen molar-refractivity contribution < 1.29 is 23.4 Å². The average Bonchev–Trinajstić information content (AvgIpc) is 3.08. The number of ether oxygens (including phenoxy) is 2. The number of nitrogens with two attached hydrogens (primary N) is 2. The molecule has 9 nitrogen and oxygen atoms in total. The molecule has 2 unspecified atom stereocenters. The Morgan fingerprint density at radius 3 is 2.96 bits per heavy atom. The molecule has 0 saturated carbocycles. The number of nitrogens with zero attached hydrogens (tertiary/aromatic N) is 2. The first kappa shape index (κ1) is 19.2. The molecular formula is C16H19F2N5O4. The summed E-state index contributed by atoms with van der Waals surface area (Å²) in [6.45, 7) is 0.628. The number of rotatable bonds is 3. The van der Waals surface area contributed by atoms with E-state index in [0.717, 1.165) is 10.8 Å². The number of hydrogen-bond acceptors (Lipinski definition) is 7. The predicted octanol–water partition coefficient (Wildman–Crippen LogP) is -0.590. The van der Waals surface area contributed by atoms with Gasteiger partial charge in [0.2, 0.25) is 5.95 Å². The van der Waals surface area contributed by atoms with Crippen molar-refractivity contribution in [1.29, 1.82) is 0 Å². The number of H-pyrrole nitrogens is 1. The molecule has 2 aromatic heterocycles. The maximum Gasteiger partial charge on any atom is 0.264 e. The predicted molar refractivity (Wildman–Crippen MR) is 91.8 cm³/mol. The summed E-state index contributed by atoms with van der Waals surface area (Å²) >= 11 is 0. The summed E-state index contributed by atoms with van der Waals surface area (Å²) in [6, 6.07) is 0. The summed E-state index contributed by atoms with van der Waals surface area (Å²) in [5, 5.41) is 10.3. The van der Waals surface area contributed by atoms with E-state index in [1.807, 2.05) is 0 Å². The number of methoxy groups -OCH3 is 1. The van der Waals surface area contributed by atoms with Crippen LogP contribution in [0.2, 0.25) is 0 Å². The summed E-state index contributed by atoms with van der Waals surface area (Å²) in [6.07, 6.45) is -3.28. The van der Waals surface area contributed by atoms with E-state index in [1.165, 1.54) is 7.11 Å². The molecule has 5 atom stereocenters. The molecule has 6 N–H and O–H groups in total. The molecule has 0 radical (unpaired) electrons. The van der Waals surface area contributed by atoms with E-state index in [2.05, 4.69) is 21.8 Å². The van der Waals surface area contributed by atoms with Crippen molar-refractivity contribution in [3.05, 3.63) is 22.4 Å². The maximum absolute atomic E-state index is 14.4. The standard InChI is InChI=1S/C16H19F2N5O4/c1-7(26-2)10-11(24)16(20,4-3-5-17)14(27-10)23-6-8(18)9-12(23)21-15(19)22-13(9)25/h6-7,10-11,14,24H,5,20H2,1-2H3,(H3,19,21,22,25)/t7-,10?,11?,14+,16+/m0/s1. The van der Waals surface area contributed by atoms with E-state index in [-0.39, 0.29) is 17.0 Å². The van der Waals surface area contributed by atoms with Gasteiger partial charge in [0.05, 0.1) is 6.10 Å². The van der Waals surface area contributed by atoms with Crippen molar-refractivity contribution in [1.82, 2.24) is 14.5 Å². The third-order valence-corrected chi connectivity index (χ3v) is 4.61. The van der Waals surface area contributed by atoms with Gasteiger partial charge >= 0.3 is 0 Å². The number of fused-ring (bicyclic) bond motifs is 1. The van der Waals surface area contributed by atoms with Crippen LogP contribution in [0.5, 0.6) is 0 Å². The molecule has 0 spiro atoms. The second-order valence-electron chi connectivity index (χ2n) is 6.24. The number of hydrogen-bond donors (Lipinski definition) is 4. The van der Waals surface area contributed by atoms with Gasteiger partial charge in [-0.3, -0.25) is 14.3 Å². The molecule has 2 aromatic rings. The minimum Gasteiger partial charge on any atom is -0.387 e. The molecule has 1 aliphatic heterocycles. The summed E-state index contributed by atoms with van der Waals surface area (Å²) in [4.78, 5) is 18.2. The Bertz CT molecular complexity index is 981. The number of alkyl halides is 1. The molecule has 3 heterocycles. The van der Waals surface area contributed by atoms with Gasteiger partial charge in [-0.1, -0.05) is 11.8 Å². The third kappa shape index (κ3) is 2.96. The first-order valence-corrected chi connectivity index (χ1v) is 8.01. The van der Waals surface area contributed by atoms with Gasteiger partial charge in [-0.25, -0.2) is 8.78 Å². The smallest absolute Gasteiger partial charge is 0.264 e. The lowest BCUT2D eigenvalue weighted by molar-refractivity contribution is -0.0880. The molecule has 0 bridgehead atoms. The number of anilines is 1. The topological polar surface area (TPSA) is 141 Å². The maximum atomic E-state index is 14.4. The van der Waals surface area contributed by atoms with Crippen molar-refractivity contribution in [2.45, 2.75) is 37.0 Å². The highest BCUT2D eigenvalue weighted by Crippen LogP contribution is 2.40. The lowest BCUT2D eigenvalue weighted by Gasteiger charge is -2.28. The molecule has 0 aromatic carbocycles. The number of nitrogens with one attached hydrogen (secondary N) is 1. The Labute approximate surface area is 152 Å². The van der Waals surface area contributed by atoms with Crippen molar-refractivity contribution in [3.8, 4) is 11.8 Å². The van der Waals surface area contributed by atoms with E-state index in [4.69, 9.17) is 20.9 Å². The minimum absolute atomic E-state index is 0.145. The van der Waals surface area contributed by atoms with Crippen LogP contribution in [0.1, 0.15) is 13.2 Å². The summed E-state index contributed by atoms with van der Waals surface area (Å²) < 4.78 is 39.1. The minimum atomic E-state index is -1.82. The fourth-order valence-electron chi connectivity index (χ4n) is 3.18. The van der Waals surface area contributed by atoms with Crippen molar-refractivity contribution in [2.75, 3.05) is 19.5 Å². The van der Waals surface area contributed by atoms with Crippen LogP contribution in [0.25, 0.3) is 11.0 Å². The Morgan fingerprint density at radius 2 is 2.33 bits per heavy atom. The van der Waals surface area contributed by atoms with Crippen LogP contribution in [-0.4, -0.2) is 57.3 Å². The summed E-state index contributed by atoms with van der Waals surface area (Å²) in [5.74, 6) is 3.49. The van der Waals surface area contributed by atoms with Gasteiger partial charge in [0.1, 0.15) is 24.3 Å². The Kier molecular flexibility index (Phi) is 4.92. The number of halogens is 2. The zero-order chi connectivity index (χ0) is 19.9. The van der Waals surface area contributed by atoms with Crippen molar-refractivity contribution in [2.24, 2.45) is 5.73 Å². The number of aromatic amines is 1. The monoisotopic (exact) mass is 383 g/mol. The highest BCUT2D eigenvalue weighted by Gasteiger charge is 2.56. The summed E-state index contributed by atoms with van der Waals surface area (Å²) in [7, 11) is 1.41. The Hall–Kier alpha value is -2.52. The fraction of sp³-hybridized carbons (Fsp3) is 0.500. The Morgan fingerprint density at radius 1 is 1.63 bits per heavy atom. The average molecular weight is 383 g/mol. The molecule has 1 aliphatic rings. The van der Waals surface area contributed by atoms with Gasteiger partial charge in [-0.15, -0.1) is 0 Å². The van der Waals surface area contributed by atoms with Crippen LogP contribution in [0.15, 0.2) is 11.0 Å². The lowest BCUT2D eigenvalue weighted by Crippen LogP contribution is -2.54. The SMILES string of the molecule is CO[C@@H](C)C1O[C@@H](n2cc(F)c3c(=O)[nH]c(N)nc32)[C@@](N)(C#CCF)C1O. The second kappa shape index (κ2) is 6.90. The molecule has 1 saturated heterocycles. The van der Waals surface area contributed by atoms with E-state index in [1.54, 1.807) is 6.92 Å². The van der Waals surface area contributed by atoms with Gasteiger partial charge in [-0.2, -0.15) is 4.98 Å². The van der Waals surface area contributed by atoms with E-state index in [9.17, 15) is 18.7 Å². The molecule has 1 fully saturated rings. The van der Waals surface area contributed by atoms with Gasteiger partial charge in [-0.05, 0) is 6.92 Å². The van der Waals surface area contributed by atoms with Gasteiger partial charge < -0.3 is 26.0 Å². The molecule has 0 amide bonds. The third-order valence-electron chi connectivity index (χ3n) is 4.61. The molecule has 27 heavy (non-hydrogen) atoms. The summed E-state index contributed by atoms with van der Waals surface area (Å²) in [5.41, 5.74) is 9.07. The molecular weight excluding hydrogens is 364 g/mol. The first-order valence-electron chi connectivity index (χ1n) is 8.01. The van der Waals surface area contributed by atoms with Gasteiger partial charge in [0.15, 0.2) is 23.2 Å². The first-order chi connectivity index (χ1) is 12.7. The molecule has 0 aliphatic carbocycles. The highest BCUT2D eigenvalue weighted by molar-refractivity contribution is 5.77. The van der Waals surface area contributed by atoms with Crippen molar-refractivity contribution in [3.63, 3.8) is 0 Å². The van der Waals surface area contributed by atoms with E-state index >= 15 is 0 Å². The van der Waals surface area contributed by atoms with Crippen LogP contribution >= 0.6 is 0 Å². The largest absolute Gasteiger partial charge is 0.387 e. The number of nitrogen functional groups attached to an aromatic ring is 1. The van der Waals surface area contributed by atoms with Crippen LogP contribution in [-0.2, 0) is 9.47 Å². The van der Waals surface area contributed by atoms with Crippen LogP contribution in [0.4, 0.5) is 14.7 Å². The van der Waals surface area contributed by atoms with Crippen LogP contribution in [0.3, 0.4) is 0 Å². The van der Waals surface area contributed by atoms with Crippen LogP contribution < -0.4 is 17.0 Å². The Balaban J connectivity index is 2.22. The van der Waals surface area contributed by atoms with E-state index in [0.29, 0.717) is 0 Å². The van der Waals surface area contributed by atoms with Gasteiger partial charge in [0.25, 0.3) is 5.56 Å². The zero-order valence-electron chi connectivity index (χ0n) is 14.6. The number of aliphatic hydroxyl groups is 1. The van der Waals surface area contributed by atoms with Gasteiger partial charge in [0, 0.05) is 13.3 Å². The van der Waals surface area contributed by atoms with E-state index < -0.39 is 48.1 Å². The number of aliphatic hydroxyl groups excluding tert-OH is 1. The fourth-order valence-corrected chi connectivity index (χ4v) is 3.18. The quantitative estimate of drug-likeness (QED) is 0.519. The normalized spacial score (nSPS) is 28.9. The van der Waals surface area contributed by atoms with Crippen LogP contribution in [0, 0.1) is 17.7 Å².